The van der Waals surface area contributed by atoms with Crippen molar-refractivity contribution >= 4 is 5.69 Å². The third-order valence-electron chi connectivity index (χ3n) is 1.50. The molecule has 1 aromatic carbocycles. The summed E-state index contributed by atoms with van der Waals surface area (Å²) in [5, 5.41) is 19.1. The molecule has 0 amide bonds. The highest BCUT2D eigenvalue weighted by atomic mass is 19.2. The van der Waals surface area contributed by atoms with Crippen molar-refractivity contribution in [3.8, 4) is 0 Å². The van der Waals surface area contributed by atoms with Crippen LogP contribution in [-0.4, -0.2) is 10.0 Å². The molecule has 69 valence electrons. The second kappa shape index (κ2) is 3.10. The van der Waals surface area contributed by atoms with Gasteiger partial charge >= 0.3 is 0 Å². The molecule has 0 fully saturated rings. The lowest BCUT2D eigenvalue weighted by Crippen LogP contribution is -2.13. The number of hydrogen-bond acceptors (Lipinski definition) is 3. The minimum atomic E-state index is -2.79. The van der Waals surface area contributed by atoms with E-state index < -0.39 is 10.8 Å². The van der Waals surface area contributed by atoms with Crippen LogP contribution in [0.1, 0.15) is 5.56 Å². The zero-order valence-electron chi connectivity index (χ0n) is 6.61. The molecule has 0 spiro atoms. The van der Waals surface area contributed by atoms with E-state index in [4.69, 9.17) is 5.11 Å². The van der Waals surface area contributed by atoms with Gasteiger partial charge in [-0.05, 0) is 0 Å². The Bertz CT molecular complexity index is 332. The van der Waals surface area contributed by atoms with E-state index in [9.17, 15) is 14.5 Å². The fourth-order valence-electron chi connectivity index (χ4n) is 0.858. The molecule has 1 rings (SSSR count). The first-order chi connectivity index (χ1) is 5.91. The zero-order valence-corrected chi connectivity index (χ0v) is 6.61. The SMILES string of the molecule is [CH2]C(O)(F)c1cccc([N+](=O)[O-])c1. The molecule has 4 nitrogen and oxygen atoms in total. The number of non-ortho nitro benzene ring substituents is 1. The van der Waals surface area contributed by atoms with Crippen LogP contribution in [0.4, 0.5) is 10.1 Å². The van der Waals surface area contributed by atoms with E-state index in [2.05, 4.69) is 6.92 Å². The quantitative estimate of drug-likeness (QED) is 0.560. The Morgan fingerprint density at radius 1 is 1.62 bits per heavy atom. The van der Waals surface area contributed by atoms with Crippen LogP contribution in [0.25, 0.3) is 0 Å². The van der Waals surface area contributed by atoms with Crippen LogP contribution in [0.2, 0.25) is 0 Å². The van der Waals surface area contributed by atoms with E-state index in [1.165, 1.54) is 18.2 Å². The number of aliphatic hydroxyl groups is 1. The summed E-state index contributed by atoms with van der Waals surface area (Å²) in [6.45, 7) is 2.81. The summed E-state index contributed by atoms with van der Waals surface area (Å²) in [6, 6.07) is 4.64. The first-order valence-corrected chi connectivity index (χ1v) is 3.43. The van der Waals surface area contributed by atoms with Gasteiger partial charge in [0.1, 0.15) is 0 Å². The summed E-state index contributed by atoms with van der Waals surface area (Å²) >= 11 is 0. The van der Waals surface area contributed by atoms with Gasteiger partial charge in [0.2, 0.25) is 5.85 Å². The van der Waals surface area contributed by atoms with Crippen molar-refractivity contribution < 1.29 is 14.4 Å². The lowest BCUT2D eigenvalue weighted by atomic mass is 10.1. The Morgan fingerprint density at radius 2 is 2.23 bits per heavy atom. The maximum absolute atomic E-state index is 12.8. The molecule has 0 bridgehead atoms. The highest BCUT2D eigenvalue weighted by Crippen LogP contribution is 2.24. The Labute approximate surface area is 73.8 Å². The summed E-state index contributed by atoms with van der Waals surface area (Å²) in [5.74, 6) is -2.79. The summed E-state index contributed by atoms with van der Waals surface area (Å²) in [6.07, 6.45) is 0. The van der Waals surface area contributed by atoms with Crippen molar-refractivity contribution in [3.63, 3.8) is 0 Å². The molecule has 0 aliphatic carbocycles. The molecule has 0 aliphatic heterocycles. The molecule has 0 saturated carbocycles. The van der Waals surface area contributed by atoms with Crippen LogP contribution in [0.3, 0.4) is 0 Å². The molecule has 1 aromatic rings. The van der Waals surface area contributed by atoms with E-state index in [0.717, 1.165) is 6.07 Å². The molecule has 0 heterocycles. The highest BCUT2D eigenvalue weighted by Gasteiger charge is 2.23. The van der Waals surface area contributed by atoms with Crippen molar-refractivity contribution in [1.82, 2.24) is 0 Å². The summed E-state index contributed by atoms with van der Waals surface area (Å²) in [5.41, 5.74) is -0.515. The molecule has 0 aliphatic rings. The van der Waals surface area contributed by atoms with Crippen molar-refractivity contribution in [1.29, 1.82) is 0 Å². The van der Waals surface area contributed by atoms with E-state index in [0.29, 0.717) is 0 Å². The maximum Gasteiger partial charge on any atom is 0.269 e. The van der Waals surface area contributed by atoms with Crippen molar-refractivity contribution in [2.45, 2.75) is 5.85 Å². The first-order valence-electron chi connectivity index (χ1n) is 3.43. The normalized spacial score (nSPS) is 15.0. The molecule has 1 N–H and O–H groups in total. The summed E-state index contributed by atoms with van der Waals surface area (Å²) in [7, 11) is 0. The standard InChI is InChI=1S/C8H7FNO3/c1-8(9,11)6-3-2-4-7(5-6)10(12)13/h2-5,11H,1H2. The fraction of sp³-hybridized carbons (Fsp3) is 0.125. The lowest BCUT2D eigenvalue weighted by molar-refractivity contribution is -0.385. The van der Waals surface area contributed by atoms with Crippen LogP contribution in [0.15, 0.2) is 24.3 Å². The average Bonchev–Trinajstić information content (AvgIpc) is 2.03. The van der Waals surface area contributed by atoms with Crippen molar-refractivity contribution in [2.24, 2.45) is 0 Å². The van der Waals surface area contributed by atoms with Gasteiger partial charge in [-0.1, -0.05) is 12.1 Å². The Morgan fingerprint density at radius 3 is 2.69 bits per heavy atom. The fourth-order valence-corrected chi connectivity index (χ4v) is 0.858. The third kappa shape index (κ3) is 2.22. The van der Waals surface area contributed by atoms with Gasteiger partial charge < -0.3 is 5.11 Å². The van der Waals surface area contributed by atoms with Gasteiger partial charge in [0, 0.05) is 24.6 Å². The third-order valence-corrected chi connectivity index (χ3v) is 1.50. The van der Waals surface area contributed by atoms with Crippen LogP contribution < -0.4 is 0 Å². The van der Waals surface area contributed by atoms with Gasteiger partial charge in [-0.2, -0.15) is 0 Å². The average molecular weight is 184 g/mol. The second-order valence-corrected chi connectivity index (χ2v) is 2.57. The molecule has 0 aromatic heterocycles. The summed E-state index contributed by atoms with van der Waals surface area (Å²) < 4.78 is 12.8. The van der Waals surface area contributed by atoms with Gasteiger partial charge in [0.15, 0.2) is 0 Å². The lowest BCUT2D eigenvalue weighted by Gasteiger charge is -2.11. The molecule has 13 heavy (non-hydrogen) atoms. The second-order valence-electron chi connectivity index (χ2n) is 2.57. The maximum atomic E-state index is 12.8. The highest BCUT2D eigenvalue weighted by molar-refractivity contribution is 5.36. The largest absolute Gasteiger partial charge is 0.358 e. The predicted molar refractivity (Wildman–Crippen MR) is 43.5 cm³/mol. The van der Waals surface area contributed by atoms with E-state index in [1.54, 1.807) is 0 Å². The number of alkyl halides is 1. The molecule has 5 heteroatoms. The number of rotatable bonds is 2. The number of halogens is 1. The molecule has 0 saturated heterocycles. The van der Waals surface area contributed by atoms with Gasteiger partial charge in [-0.15, -0.1) is 0 Å². The Hall–Kier alpha value is -1.49. The number of nitro benzene ring substituents is 1. The number of benzene rings is 1. The van der Waals surface area contributed by atoms with Gasteiger partial charge in [0.05, 0.1) is 4.92 Å². The van der Waals surface area contributed by atoms with Crippen LogP contribution >= 0.6 is 0 Å². The molecular weight excluding hydrogens is 177 g/mol. The minimum absolute atomic E-state index is 0.235. The summed E-state index contributed by atoms with van der Waals surface area (Å²) in [4.78, 5) is 9.59. The molecule has 1 unspecified atom stereocenters. The minimum Gasteiger partial charge on any atom is -0.358 e. The van der Waals surface area contributed by atoms with Gasteiger partial charge in [-0.25, -0.2) is 4.39 Å². The predicted octanol–water partition coefficient (Wildman–Crippen LogP) is 1.54. The number of hydrogen-bond donors (Lipinski definition) is 1. The smallest absolute Gasteiger partial charge is 0.269 e. The van der Waals surface area contributed by atoms with Crippen molar-refractivity contribution in [3.05, 3.63) is 46.9 Å². The van der Waals surface area contributed by atoms with Crippen LogP contribution in [0, 0.1) is 17.0 Å². The topological polar surface area (TPSA) is 63.4 Å². The number of nitrogens with zero attached hydrogens (tertiary/aromatic N) is 1. The Kier molecular flexibility index (Phi) is 2.29. The first kappa shape index (κ1) is 9.60. The number of nitro groups is 1. The van der Waals surface area contributed by atoms with E-state index in [-0.39, 0.29) is 11.3 Å². The van der Waals surface area contributed by atoms with E-state index >= 15 is 0 Å². The van der Waals surface area contributed by atoms with Gasteiger partial charge in [-0.3, -0.25) is 10.1 Å². The van der Waals surface area contributed by atoms with Crippen LogP contribution in [0.5, 0.6) is 0 Å². The van der Waals surface area contributed by atoms with Crippen LogP contribution in [-0.2, 0) is 5.85 Å². The van der Waals surface area contributed by atoms with Crippen molar-refractivity contribution in [2.75, 3.05) is 0 Å². The Balaban J connectivity index is 3.13. The van der Waals surface area contributed by atoms with E-state index in [1.807, 2.05) is 0 Å². The molecule has 1 atom stereocenters. The molecule has 1 radical (unpaired) electrons. The molecular formula is C8H7FNO3. The van der Waals surface area contributed by atoms with Gasteiger partial charge in [0.25, 0.3) is 5.69 Å². The monoisotopic (exact) mass is 184 g/mol. The zero-order chi connectivity index (χ0) is 10.1.